The molecule has 0 bridgehead atoms. The number of hydrogen-bond acceptors (Lipinski definition) is 4. The molecule has 8 aromatic carbocycles. The van der Waals surface area contributed by atoms with Crippen LogP contribution >= 0.6 is 0 Å². The normalized spacial score (nSPS) is 14.2. The number of hydrogen-bond donors (Lipinski definition) is 1. The van der Waals surface area contributed by atoms with Crippen molar-refractivity contribution in [2.45, 2.75) is 6.17 Å². The molecule has 4 nitrogen and oxygen atoms in total. The molecule has 1 aliphatic rings. The van der Waals surface area contributed by atoms with Crippen LogP contribution in [0, 0.1) is 0 Å². The van der Waals surface area contributed by atoms with E-state index >= 15 is 0 Å². The van der Waals surface area contributed by atoms with Gasteiger partial charge in [0.05, 0.1) is 0 Å². The van der Waals surface area contributed by atoms with E-state index in [-0.39, 0.29) is 6.17 Å². The minimum absolute atomic E-state index is 0.379. The second kappa shape index (κ2) is 12.9. The molecule has 0 amide bonds. The largest absolute Gasteiger partial charge is 0.456 e. The Bertz CT molecular complexity index is 2830. The maximum Gasteiger partial charge on any atom is 0.160 e. The van der Waals surface area contributed by atoms with Crippen molar-refractivity contribution in [3.8, 4) is 33.4 Å². The number of para-hydroxylation sites is 1. The number of nitrogens with zero attached hydrogens (tertiary/aromatic N) is 2. The Hall–Kier alpha value is -7.04. The van der Waals surface area contributed by atoms with Gasteiger partial charge in [0.2, 0.25) is 0 Å². The molecular formula is C49H33N3O. The van der Waals surface area contributed by atoms with Crippen LogP contribution in [0.15, 0.2) is 202 Å². The first-order valence-electron chi connectivity index (χ1n) is 17.9. The summed E-state index contributed by atoms with van der Waals surface area (Å²) in [5.74, 6) is 1.43. The van der Waals surface area contributed by atoms with Crippen LogP contribution in [0.1, 0.15) is 22.9 Å². The van der Waals surface area contributed by atoms with Gasteiger partial charge in [-0.3, -0.25) is 0 Å². The van der Waals surface area contributed by atoms with Crippen LogP contribution in [0.5, 0.6) is 0 Å². The van der Waals surface area contributed by atoms with Crippen LogP contribution in [-0.4, -0.2) is 11.7 Å². The first-order valence-corrected chi connectivity index (χ1v) is 17.9. The summed E-state index contributed by atoms with van der Waals surface area (Å²) in [7, 11) is 0. The predicted molar refractivity (Wildman–Crippen MR) is 219 cm³/mol. The zero-order valence-electron chi connectivity index (χ0n) is 28.8. The molecule has 0 saturated heterocycles. The lowest BCUT2D eigenvalue weighted by Gasteiger charge is -2.25. The quantitative estimate of drug-likeness (QED) is 0.190. The Balaban J connectivity index is 1.18. The van der Waals surface area contributed by atoms with E-state index in [0.29, 0.717) is 5.84 Å². The molecule has 2 heterocycles. The number of amidine groups is 2. The third-order valence-corrected chi connectivity index (χ3v) is 10.2. The lowest BCUT2D eigenvalue weighted by atomic mass is 9.93. The zero-order valence-corrected chi connectivity index (χ0v) is 28.8. The highest BCUT2D eigenvalue weighted by Crippen LogP contribution is 2.39. The zero-order chi connectivity index (χ0) is 35.1. The van der Waals surface area contributed by atoms with Gasteiger partial charge in [-0.25, -0.2) is 9.98 Å². The van der Waals surface area contributed by atoms with E-state index in [1.165, 1.54) is 22.1 Å². The first kappa shape index (κ1) is 30.8. The van der Waals surface area contributed by atoms with Crippen molar-refractivity contribution in [1.82, 2.24) is 5.32 Å². The highest BCUT2D eigenvalue weighted by atomic mass is 16.3. The summed E-state index contributed by atoms with van der Waals surface area (Å²) in [6.45, 7) is 0. The lowest BCUT2D eigenvalue weighted by Crippen LogP contribution is -2.33. The van der Waals surface area contributed by atoms with Gasteiger partial charge in [-0.15, -0.1) is 0 Å². The van der Waals surface area contributed by atoms with Crippen molar-refractivity contribution in [3.63, 3.8) is 0 Å². The molecule has 1 aromatic heterocycles. The molecule has 4 heteroatoms. The number of benzene rings is 8. The monoisotopic (exact) mass is 679 g/mol. The van der Waals surface area contributed by atoms with Gasteiger partial charge in [-0.2, -0.15) is 0 Å². The van der Waals surface area contributed by atoms with Crippen molar-refractivity contribution in [2.24, 2.45) is 9.98 Å². The fraction of sp³-hybridized carbons (Fsp3) is 0.0204. The topological polar surface area (TPSA) is 49.9 Å². The SMILES string of the molecule is c1ccc(-c2ccc(-c3ccc4oc5ccccc5c4c3C3=NC(c4ccc(-c5ccccc5)cc4)NC(c4ccc5ccccc5c4)=N3)cc2)cc1. The van der Waals surface area contributed by atoms with Gasteiger partial charge in [0, 0.05) is 21.9 Å². The van der Waals surface area contributed by atoms with Gasteiger partial charge in [-0.1, -0.05) is 164 Å². The highest BCUT2D eigenvalue weighted by Gasteiger charge is 2.26. The number of fused-ring (bicyclic) bond motifs is 4. The molecule has 250 valence electrons. The van der Waals surface area contributed by atoms with Crippen LogP contribution in [0.2, 0.25) is 0 Å². The molecule has 10 rings (SSSR count). The summed E-state index contributed by atoms with van der Waals surface area (Å²) < 4.78 is 6.46. The second-order valence-corrected chi connectivity index (χ2v) is 13.4. The summed E-state index contributed by atoms with van der Waals surface area (Å²) in [5.41, 5.74) is 11.5. The molecule has 1 aliphatic heterocycles. The van der Waals surface area contributed by atoms with Crippen molar-refractivity contribution in [3.05, 3.63) is 205 Å². The fourth-order valence-electron chi connectivity index (χ4n) is 7.46. The second-order valence-electron chi connectivity index (χ2n) is 13.4. The number of furan rings is 1. The average molecular weight is 680 g/mol. The molecular weight excluding hydrogens is 647 g/mol. The van der Waals surface area contributed by atoms with Gasteiger partial charge < -0.3 is 9.73 Å². The van der Waals surface area contributed by atoms with Crippen molar-refractivity contribution in [1.29, 1.82) is 0 Å². The van der Waals surface area contributed by atoms with E-state index in [4.69, 9.17) is 14.4 Å². The molecule has 0 saturated carbocycles. The van der Waals surface area contributed by atoms with E-state index < -0.39 is 0 Å². The minimum atomic E-state index is -0.379. The standard InChI is InChI=1S/C49H33N3O/c1-3-11-32(12-4-1)35-19-24-37(25-20-35)41-29-30-44-45(42-17-9-10-18-43(42)53-44)46(41)49-51-47(38-26-21-36(22-27-38)33-13-5-2-6-14-33)50-48(52-49)40-28-23-34-15-7-8-16-39(34)31-40/h1-31,47H,(H,50,51,52). The van der Waals surface area contributed by atoms with E-state index in [0.717, 1.165) is 66.5 Å². The number of rotatable bonds is 6. The first-order chi connectivity index (χ1) is 26.2. The Morgan fingerprint density at radius 1 is 0.453 bits per heavy atom. The Kier molecular flexibility index (Phi) is 7.51. The van der Waals surface area contributed by atoms with Gasteiger partial charge >= 0.3 is 0 Å². The molecule has 53 heavy (non-hydrogen) atoms. The predicted octanol–water partition coefficient (Wildman–Crippen LogP) is 12.2. The van der Waals surface area contributed by atoms with Crippen LogP contribution < -0.4 is 5.32 Å². The maximum atomic E-state index is 6.46. The smallest absolute Gasteiger partial charge is 0.160 e. The van der Waals surface area contributed by atoms with E-state index in [1.54, 1.807) is 0 Å². The third kappa shape index (κ3) is 5.67. The van der Waals surface area contributed by atoms with Crippen LogP contribution in [-0.2, 0) is 0 Å². The fourth-order valence-corrected chi connectivity index (χ4v) is 7.46. The third-order valence-electron chi connectivity index (χ3n) is 10.2. The highest BCUT2D eigenvalue weighted by molar-refractivity contribution is 6.25. The summed E-state index contributed by atoms with van der Waals surface area (Å²) >= 11 is 0. The van der Waals surface area contributed by atoms with Crippen molar-refractivity contribution >= 4 is 44.4 Å². The molecule has 1 N–H and O–H groups in total. The van der Waals surface area contributed by atoms with Crippen LogP contribution in [0.3, 0.4) is 0 Å². The van der Waals surface area contributed by atoms with Gasteiger partial charge in [-0.05, 0) is 74.0 Å². The molecule has 0 radical (unpaired) electrons. The van der Waals surface area contributed by atoms with Crippen LogP contribution in [0.25, 0.3) is 66.1 Å². The molecule has 0 spiro atoms. The molecule has 9 aromatic rings. The van der Waals surface area contributed by atoms with Gasteiger partial charge in [0.25, 0.3) is 0 Å². The molecule has 0 fully saturated rings. The molecule has 0 aliphatic carbocycles. The summed E-state index contributed by atoms with van der Waals surface area (Å²) in [6.07, 6.45) is -0.379. The lowest BCUT2D eigenvalue weighted by molar-refractivity contribution is 0.668. The summed E-state index contributed by atoms with van der Waals surface area (Å²) in [6, 6.07) is 65.8. The van der Waals surface area contributed by atoms with Crippen molar-refractivity contribution in [2.75, 3.05) is 0 Å². The van der Waals surface area contributed by atoms with Crippen molar-refractivity contribution < 1.29 is 4.42 Å². The summed E-state index contributed by atoms with van der Waals surface area (Å²) in [5, 5.41) is 8.10. The number of aliphatic imine (C=N–C) groups is 2. The Labute approximate surface area is 307 Å². The molecule has 1 unspecified atom stereocenters. The van der Waals surface area contributed by atoms with Crippen LogP contribution in [0.4, 0.5) is 0 Å². The average Bonchev–Trinajstić information content (AvgIpc) is 3.63. The van der Waals surface area contributed by atoms with E-state index in [2.05, 4.69) is 169 Å². The van der Waals surface area contributed by atoms with Gasteiger partial charge in [0.15, 0.2) is 5.84 Å². The number of nitrogens with one attached hydrogen (secondary N) is 1. The van der Waals surface area contributed by atoms with Gasteiger partial charge in [0.1, 0.15) is 23.2 Å². The van der Waals surface area contributed by atoms with E-state index in [9.17, 15) is 0 Å². The van der Waals surface area contributed by atoms with E-state index in [1.807, 2.05) is 24.3 Å². The Morgan fingerprint density at radius 3 is 1.77 bits per heavy atom. The molecule has 1 atom stereocenters. The summed E-state index contributed by atoms with van der Waals surface area (Å²) in [4.78, 5) is 10.8. The minimum Gasteiger partial charge on any atom is -0.456 e. The Morgan fingerprint density at radius 2 is 1.04 bits per heavy atom. The maximum absolute atomic E-state index is 6.46.